The van der Waals surface area contributed by atoms with Crippen LogP contribution in [-0.4, -0.2) is 31.1 Å². The summed E-state index contributed by atoms with van der Waals surface area (Å²) in [5.74, 6) is -0.574. The standard InChI is InChI=1S/C23H25F2NO3S2.C4H10/c1-4-15-12-26(17-8-6-16(24)7-9-17)19-10-22(30-3)20(11-21(19)31-14-15)29-13-18(25)23(27)28-5-2;1-3-4-2/h6-11,13,15H,4-5,12,14H2,1-3H3;3-4H2,1-2H3/b18-13-;/t15-;/m0./s1. The van der Waals surface area contributed by atoms with Gasteiger partial charge < -0.3 is 14.4 Å². The Kier molecular flexibility index (Phi) is 12.5. The van der Waals surface area contributed by atoms with Gasteiger partial charge in [-0.3, -0.25) is 0 Å². The van der Waals surface area contributed by atoms with E-state index in [1.54, 1.807) is 30.8 Å². The van der Waals surface area contributed by atoms with Crippen molar-refractivity contribution in [1.82, 2.24) is 0 Å². The molecule has 0 N–H and O–H groups in total. The molecule has 0 unspecified atom stereocenters. The van der Waals surface area contributed by atoms with Crippen LogP contribution >= 0.6 is 23.5 Å². The maximum atomic E-state index is 13.9. The first-order valence-corrected chi connectivity index (χ1v) is 14.2. The predicted molar refractivity (Wildman–Crippen MR) is 143 cm³/mol. The first-order valence-electron chi connectivity index (χ1n) is 12.0. The van der Waals surface area contributed by atoms with Crippen LogP contribution in [0.25, 0.3) is 0 Å². The Bertz CT molecular complexity index is 981. The maximum absolute atomic E-state index is 13.9. The summed E-state index contributed by atoms with van der Waals surface area (Å²) in [4.78, 5) is 15.5. The lowest BCUT2D eigenvalue weighted by molar-refractivity contribution is -0.140. The first-order chi connectivity index (χ1) is 16.9. The fourth-order valence-corrected chi connectivity index (χ4v) is 5.00. The second-order valence-corrected chi connectivity index (χ2v) is 9.86. The first kappa shape index (κ1) is 29.0. The van der Waals surface area contributed by atoms with Crippen molar-refractivity contribution in [2.45, 2.75) is 56.7 Å². The molecule has 3 rings (SSSR count). The Labute approximate surface area is 216 Å². The number of benzene rings is 2. The number of rotatable bonds is 8. The highest BCUT2D eigenvalue weighted by atomic mass is 32.2. The number of thioether (sulfide) groups is 2. The number of esters is 1. The van der Waals surface area contributed by atoms with Gasteiger partial charge in [-0.05, 0) is 55.5 Å². The minimum atomic E-state index is -1.09. The van der Waals surface area contributed by atoms with E-state index in [2.05, 4.69) is 30.4 Å². The van der Waals surface area contributed by atoms with Crippen LogP contribution in [0.1, 0.15) is 47.0 Å². The van der Waals surface area contributed by atoms with E-state index in [9.17, 15) is 13.6 Å². The second-order valence-electron chi connectivity index (χ2n) is 7.95. The van der Waals surface area contributed by atoms with Gasteiger partial charge in [-0.25, -0.2) is 9.18 Å². The SMILES string of the molecule is CCCC.CCOC(=O)/C(F)=C/Oc1cc2c(cc1SC)N(c1ccc(F)cc1)C[C@H](CC)CS2. The molecule has 0 fully saturated rings. The Morgan fingerprint density at radius 3 is 2.43 bits per heavy atom. The number of ether oxygens (including phenoxy) is 2. The number of hydrogen-bond acceptors (Lipinski definition) is 6. The smallest absolute Gasteiger partial charge is 0.370 e. The van der Waals surface area contributed by atoms with Gasteiger partial charge in [-0.15, -0.1) is 23.5 Å². The van der Waals surface area contributed by atoms with E-state index < -0.39 is 11.8 Å². The van der Waals surface area contributed by atoms with E-state index >= 15 is 0 Å². The lowest BCUT2D eigenvalue weighted by Crippen LogP contribution is -2.24. The summed E-state index contributed by atoms with van der Waals surface area (Å²) >= 11 is 3.18. The van der Waals surface area contributed by atoms with Gasteiger partial charge in [-0.2, -0.15) is 4.39 Å². The Balaban J connectivity index is 0.00000100. The van der Waals surface area contributed by atoms with Crippen LogP contribution in [0.3, 0.4) is 0 Å². The van der Waals surface area contributed by atoms with Crippen LogP contribution < -0.4 is 9.64 Å². The molecule has 4 nitrogen and oxygen atoms in total. The molecule has 8 heteroatoms. The number of carbonyl (C=O) groups is 1. The zero-order chi connectivity index (χ0) is 25.8. The highest BCUT2D eigenvalue weighted by molar-refractivity contribution is 7.99. The third kappa shape index (κ3) is 8.46. The summed E-state index contributed by atoms with van der Waals surface area (Å²) in [6, 6.07) is 10.4. The molecule has 0 aliphatic carbocycles. The average Bonchev–Trinajstić information content (AvgIpc) is 3.06. The van der Waals surface area contributed by atoms with E-state index in [-0.39, 0.29) is 12.4 Å². The van der Waals surface area contributed by atoms with Crippen molar-refractivity contribution in [1.29, 1.82) is 0 Å². The van der Waals surface area contributed by atoms with Gasteiger partial charge in [0.1, 0.15) is 17.8 Å². The number of anilines is 2. The highest BCUT2D eigenvalue weighted by Crippen LogP contribution is 2.45. The Hall–Kier alpha value is -2.19. The molecule has 1 heterocycles. The van der Waals surface area contributed by atoms with Crippen molar-refractivity contribution in [3.05, 3.63) is 54.3 Å². The molecule has 1 aliphatic heterocycles. The van der Waals surface area contributed by atoms with Gasteiger partial charge >= 0.3 is 5.97 Å². The summed E-state index contributed by atoms with van der Waals surface area (Å²) in [6.45, 7) is 9.03. The molecule has 1 aliphatic rings. The van der Waals surface area contributed by atoms with Gasteiger partial charge in [0.2, 0.25) is 5.83 Å². The van der Waals surface area contributed by atoms with E-state index in [1.165, 1.54) is 36.7 Å². The zero-order valence-electron chi connectivity index (χ0n) is 21.1. The number of carbonyl (C=O) groups excluding carboxylic acids is 1. The van der Waals surface area contributed by atoms with Gasteiger partial charge in [0, 0.05) is 22.9 Å². The fraction of sp³-hybridized carbons (Fsp3) is 0.444. The molecular formula is C27H35F2NO3S2. The van der Waals surface area contributed by atoms with Crippen molar-refractivity contribution in [3.63, 3.8) is 0 Å². The number of halogens is 2. The van der Waals surface area contributed by atoms with Crippen molar-refractivity contribution >= 4 is 40.9 Å². The predicted octanol–water partition coefficient (Wildman–Crippen LogP) is 8.38. The van der Waals surface area contributed by atoms with Crippen molar-refractivity contribution in [3.8, 4) is 5.75 Å². The summed E-state index contributed by atoms with van der Waals surface area (Å²) in [5, 5.41) is 0. The van der Waals surface area contributed by atoms with Crippen molar-refractivity contribution in [2.75, 3.05) is 30.1 Å². The minimum absolute atomic E-state index is 0.0868. The van der Waals surface area contributed by atoms with Crippen LogP contribution in [-0.2, 0) is 9.53 Å². The molecule has 0 saturated carbocycles. The largest absolute Gasteiger partial charge is 0.461 e. The van der Waals surface area contributed by atoms with Crippen LogP contribution in [0.15, 0.2) is 58.3 Å². The van der Waals surface area contributed by atoms with E-state index in [1.807, 2.05) is 18.4 Å². The molecule has 0 bridgehead atoms. The van der Waals surface area contributed by atoms with Crippen LogP contribution in [0.5, 0.6) is 5.75 Å². The molecule has 0 radical (unpaired) electrons. The molecule has 192 valence electrons. The van der Waals surface area contributed by atoms with Crippen LogP contribution in [0, 0.1) is 11.7 Å². The maximum Gasteiger partial charge on any atom is 0.370 e. The number of hydrogen-bond donors (Lipinski definition) is 0. The summed E-state index contributed by atoms with van der Waals surface area (Å²) in [6.07, 6.45) is 6.35. The molecule has 2 aromatic carbocycles. The van der Waals surface area contributed by atoms with Gasteiger partial charge in [0.05, 0.1) is 17.2 Å². The summed E-state index contributed by atoms with van der Waals surface area (Å²) in [7, 11) is 0. The molecule has 0 saturated heterocycles. The molecule has 0 aromatic heterocycles. The average molecular weight is 524 g/mol. The quantitative estimate of drug-likeness (QED) is 0.150. The number of fused-ring (bicyclic) bond motifs is 1. The normalized spacial score (nSPS) is 15.5. The summed E-state index contributed by atoms with van der Waals surface area (Å²) < 4.78 is 37.6. The van der Waals surface area contributed by atoms with Crippen molar-refractivity contribution < 1.29 is 23.0 Å². The van der Waals surface area contributed by atoms with Gasteiger partial charge in [0.25, 0.3) is 0 Å². The van der Waals surface area contributed by atoms with E-state index in [0.29, 0.717) is 11.7 Å². The minimum Gasteiger partial charge on any atom is -0.461 e. The monoisotopic (exact) mass is 523 g/mol. The molecule has 0 amide bonds. The lowest BCUT2D eigenvalue weighted by Gasteiger charge is -2.28. The Morgan fingerprint density at radius 2 is 1.86 bits per heavy atom. The third-order valence-electron chi connectivity index (χ3n) is 5.43. The van der Waals surface area contributed by atoms with Crippen molar-refractivity contribution in [2.24, 2.45) is 5.92 Å². The van der Waals surface area contributed by atoms with E-state index in [0.717, 1.165) is 46.1 Å². The molecule has 35 heavy (non-hydrogen) atoms. The highest BCUT2D eigenvalue weighted by Gasteiger charge is 2.25. The molecule has 2 aromatic rings. The Morgan fingerprint density at radius 1 is 1.17 bits per heavy atom. The third-order valence-corrected chi connectivity index (χ3v) is 7.46. The van der Waals surface area contributed by atoms with Crippen LogP contribution in [0.2, 0.25) is 0 Å². The topological polar surface area (TPSA) is 38.8 Å². The number of unbranched alkanes of at least 4 members (excludes halogenated alkanes) is 1. The van der Waals surface area contributed by atoms with E-state index in [4.69, 9.17) is 4.74 Å². The van der Waals surface area contributed by atoms with Gasteiger partial charge in [0.15, 0.2) is 0 Å². The lowest BCUT2D eigenvalue weighted by atomic mass is 10.1. The summed E-state index contributed by atoms with van der Waals surface area (Å²) in [5.41, 5.74) is 1.91. The second kappa shape index (κ2) is 15.0. The molecular weight excluding hydrogens is 488 g/mol. The molecule has 0 spiro atoms. The zero-order valence-corrected chi connectivity index (χ0v) is 22.7. The molecule has 1 atom stereocenters. The van der Waals surface area contributed by atoms with Crippen LogP contribution in [0.4, 0.5) is 20.2 Å². The fourth-order valence-electron chi connectivity index (χ4n) is 3.20. The van der Waals surface area contributed by atoms with Gasteiger partial charge in [-0.1, -0.05) is 40.0 Å². The number of nitrogens with zero attached hydrogens (tertiary/aromatic N) is 1.